The van der Waals surface area contributed by atoms with Crippen LogP contribution in [0.4, 0.5) is 32.8 Å². The van der Waals surface area contributed by atoms with Crippen molar-refractivity contribution in [3.63, 3.8) is 0 Å². The maximum atomic E-state index is 13.8. The number of amides is 1. The smallest absolute Gasteiger partial charge is 0.446 e. The van der Waals surface area contributed by atoms with Crippen LogP contribution < -0.4 is 10.2 Å². The number of anilines is 2. The van der Waals surface area contributed by atoms with Crippen LogP contribution in [0.2, 0.25) is 0 Å². The van der Waals surface area contributed by atoms with E-state index in [2.05, 4.69) is 10.3 Å². The summed E-state index contributed by atoms with van der Waals surface area (Å²) in [7, 11) is 0. The van der Waals surface area contributed by atoms with Gasteiger partial charge in [0, 0.05) is 33.6 Å². The van der Waals surface area contributed by atoms with E-state index in [0.717, 1.165) is 17.7 Å². The standard InChI is InChI=1S/C27H20F5N3O3S2/c28-21-10-5-18(13-22(21)29)23-15-39-26(34-23)35(19-6-8-20(9-7-19)40-27(30,31)32)14-16-1-3-17(4-2-16)25(38)33-12-11-24(36)37/h1-10,13,15H,11-12,14H2,(H,33,38)(H,36,37). The first-order chi connectivity index (χ1) is 19.0. The van der Waals surface area contributed by atoms with Gasteiger partial charge in [-0.15, -0.1) is 11.3 Å². The van der Waals surface area contributed by atoms with Gasteiger partial charge < -0.3 is 15.3 Å². The van der Waals surface area contributed by atoms with E-state index in [-0.39, 0.29) is 36.2 Å². The van der Waals surface area contributed by atoms with E-state index in [9.17, 15) is 31.5 Å². The first-order valence-corrected chi connectivity index (χ1v) is 13.3. The number of hydrogen-bond acceptors (Lipinski definition) is 6. The number of carboxylic acid groups (broad SMARTS) is 1. The molecule has 0 saturated carbocycles. The van der Waals surface area contributed by atoms with Gasteiger partial charge in [0.25, 0.3) is 5.91 Å². The highest BCUT2D eigenvalue weighted by molar-refractivity contribution is 8.00. The first-order valence-electron chi connectivity index (χ1n) is 11.6. The second-order valence-electron chi connectivity index (χ2n) is 8.37. The van der Waals surface area contributed by atoms with Crippen molar-refractivity contribution in [1.29, 1.82) is 0 Å². The summed E-state index contributed by atoms with van der Waals surface area (Å²) in [6.45, 7) is 0.202. The molecule has 0 spiro atoms. The molecule has 0 bridgehead atoms. The lowest BCUT2D eigenvalue weighted by Crippen LogP contribution is -2.26. The second kappa shape index (κ2) is 12.5. The highest BCUT2D eigenvalue weighted by atomic mass is 32.2. The van der Waals surface area contributed by atoms with E-state index in [1.54, 1.807) is 34.5 Å². The van der Waals surface area contributed by atoms with Gasteiger partial charge in [-0.3, -0.25) is 9.59 Å². The topological polar surface area (TPSA) is 82.5 Å². The van der Waals surface area contributed by atoms with Crippen LogP contribution in [0.5, 0.6) is 0 Å². The second-order valence-corrected chi connectivity index (χ2v) is 10.3. The molecule has 1 heterocycles. The van der Waals surface area contributed by atoms with Gasteiger partial charge in [0.05, 0.1) is 18.7 Å². The summed E-state index contributed by atoms with van der Waals surface area (Å²) in [6.07, 6.45) is -0.209. The Morgan fingerprint density at radius 1 is 0.975 bits per heavy atom. The van der Waals surface area contributed by atoms with Crippen molar-refractivity contribution in [1.82, 2.24) is 10.3 Å². The molecule has 0 unspecified atom stereocenters. The van der Waals surface area contributed by atoms with Crippen LogP contribution in [-0.2, 0) is 11.3 Å². The Balaban J connectivity index is 1.60. The molecule has 4 aromatic rings. The van der Waals surface area contributed by atoms with Gasteiger partial charge in [-0.1, -0.05) is 12.1 Å². The van der Waals surface area contributed by atoms with E-state index in [1.165, 1.54) is 41.7 Å². The van der Waals surface area contributed by atoms with Crippen molar-refractivity contribution < 1.29 is 36.6 Å². The summed E-state index contributed by atoms with van der Waals surface area (Å²) in [5.74, 6) is -3.47. The average molecular weight is 594 g/mol. The van der Waals surface area contributed by atoms with Crippen LogP contribution in [0.15, 0.2) is 77.0 Å². The molecule has 0 aliphatic carbocycles. The fourth-order valence-electron chi connectivity index (χ4n) is 3.60. The lowest BCUT2D eigenvalue weighted by molar-refractivity contribution is -0.136. The van der Waals surface area contributed by atoms with Gasteiger partial charge in [0.1, 0.15) is 0 Å². The number of hydrogen-bond donors (Lipinski definition) is 2. The van der Waals surface area contributed by atoms with Crippen molar-refractivity contribution in [2.45, 2.75) is 23.4 Å². The number of nitrogens with one attached hydrogen (secondary N) is 1. The molecular weight excluding hydrogens is 573 g/mol. The Morgan fingerprint density at radius 2 is 1.68 bits per heavy atom. The Bertz CT molecular complexity index is 1490. The molecule has 13 heteroatoms. The maximum absolute atomic E-state index is 13.8. The van der Waals surface area contributed by atoms with Gasteiger partial charge in [0.15, 0.2) is 16.8 Å². The number of thioether (sulfide) groups is 1. The number of halogens is 5. The predicted octanol–water partition coefficient (Wildman–Crippen LogP) is 7.24. The third kappa shape index (κ3) is 7.79. The molecule has 40 heavy (non-hydrogen) atoms. The number of carboxylic acids is 1. The third-order valence-corrected chi connectivity index (χ3v) is 7.10. The van der Waals surface area contributed by atoms with Crippen LogP contribution in [0.25, 0.3) is 11.3 Å². The fourth-order valence-corrected chi connectivity index (χ4v) is 5.00. The molecule has 4 rings (SSSR count). The van der Waals surface area contributed by atoms with Crippen molar-refractivity contribution >= 4 is 45.8 Å². The maximum Gasteiger partial charge on any atom is 0.446 e. The number of carbonyl (C=O) groups excluding carboxylic acids is 1. The summed E-state index contributed by atoms with van der Waals surface area (Å²) in [5.41, 5.74) is -2.09. The first kappa shape index (κ1) is 29.0. The Kier molecular flexibility index (Phi) is 9.05. The van der Waals surface area contributed by atoms with Crippen molar-refractivity contribution in [2.24, 2.45) is 0 Å². The minimum absolute atomic E-state index is 0.0103. The summed E-state index contributed by atoms with van der Waals surface area (Å²) < 4.78 is 65.6. The Labute approximate surface area is 233 Å². The van der Waals surface area contributed by atoms with Gasteiger partial charge in [-0.05, 0) is 71.9 Å². The molecule has 0 aliphatic heterocycles. The summed E-state index contributed by atoms with van der Waals surface area (Å²) in [4.78, 5) is 29.2. The van der Waals surface area contributed by atoms with E-state index in [4.69, 9.17) is 5.11 Å². The van der Waals surface area contributed by atoms with Crippen LogP contribution in [0.3, 0.4) is 0 Å². The normalized spacial score (nSPS) is 11.3. The van der Waals surface area contributed by atoms with Crippen molar-refractivity contribution in [2.75, 3.05) is 11.4 Å². The molecule has 0 saturated heterocycles. The molecule has 2 N–H and O–H groups in total. The van der Waals surface area contributed by atoms with Crippen LogP contribution in [0, 0.1) is 11.6 Å². The molecule has 6 nitrogen and oxygen atoms in total. The zero-order valence-corrected chi connectivity index (χ0v) is 22.0. The lowest BCUT2D eigenvalue weighted by Gasteiger charge is -2.23. The van der Waals surface area contributed by atoms with Gasteiger partial charge >= 0.3 is 11.5 Å². The molecule has 3 aromatic carbocycles. The summed E-state index contributed by atoms with van der Waals surface area (Å²) in [5, 5.41) is 13.3. The van der Waals surface area contributed by atoms with Crippen molar-refractivity contribution in [3.05, 3.63) is 94.9 Å². The van der Waals surface area contributed by atoms with Gasteiger partial charge in [0.2, 0.25) is 0 Å². The predicted molar refractivity (Wildman–Crippen MR) is 143 cm³/mol. The van der Waals surface area contributed by atoms with E-state index in [0.29, 0.717) is 27.6 Å². The number of benzene rings is 3. The van der Waals surface area contributed by atoms with Gasteiger partial charge in [-0.2, -0.15) is 13.2 Å². The monoisotopic (exact) mass is 593 g/mol. The molecular formula is C27H20F5N3O3S2. The fraction of sp³-hybridized carbons (Fsp3) is 0.148. The largest absolute Gasteiger partial charge is 0.481 e. The number of aromatic nitrogens is 1. The lowest BCUT2D eigenvalue weighted by atomic mass is 10.1. The molecule has 1 amide bonds. The number of alkyl halides is 3. The Morgan fingerprint density at radius 3 is 2.30 bits per heavy atom. The molecule has 208 valence electrons. The van der Waals surface area contributed by atoms with Crippen LogP contribution in [-0.4, -0.2) is 34.0 Å². The number of rotatable bonds is 10. The third-order valence-electron chi connectivity index (χ3n) is 5.50. The zero-order chi connectivity index (χ0) is 28.9. The number of nitrogens with zero attached hydrogens (tertiary/aromatic N) is 2. The van der Waals surface area contributed by atoms with Crippen molar-refractivity contribution in [3.8, 4) is 11.3 Å². The summed E-state index contributed by atoms with van der Waals surface area (Å²) >= 11 is 0.980. The van der Waals surface area contributed by atoms with Crippen LogP contribution >= 0.6 is 23.1 Å². The Hall–Kier alpha value is -3.97. The molecule has 0 atom stereocenters. The minimum Gasteiger partial charge on any atom is -0.481 e. The minimum atomic E-state index is -4.43. The molecule has 0 aliphatic rings. The van der Waals surface area contributed by atoms with E-state index >= 15 is 0 Å². The highest BCUT2D eigenvalue weighted by Crippen LogP contribution is 2.39. The highest BCUT2D eigenvalue weighted by Gasteiger charge is 2.29. The molecule has 0 fully saturated rings. The average Bonchev–Trinajstić information content (AvgIpc) is 3.39. The SMILES string of the molecule is O=C(O)CCNC(=O)c1ccc(CN(c2ccc(SC(F)(F)F)cc2)c2nc(-c3ccc(F)c(F)c3)cs2)cc1. The molecule has 0 radical (unpaired) electrons. The zero-order valence-electron chi connectivity index (χ0n) is 20.4. The van der Waals surface area contributed by atoms with E-state index in [1.807, 2.05) is 0 Å². The summed E-state index contributed by atoms with van der Waals surface area (Å²) in [6, 6.07) is 15.7. The number of carbonyl (C=O) groups is 2. The van der Waals surface area contributed by atoms with Gasteiger partial charge in [-0.25, -0.2) is 13.8 Å². The number of aliphatic carboxylic acids is 1. The quantitative estimate of drug-likeness (QED) is 0.149. The molecule has 1 aromatic heterocycles. The number of thiazole rings is 1. The van der Waals surface area contributed by atoms with E-state index < -0.39 is 29.0 Å². The van der Waals surface area contributed by atoms with Crippen LogP contribution in [0.1, 0.15) is 22.3 Å².